The van der Waals surface area contributed by atoms with Crippen molar-refractivity contribution in [3.8, 4) is 5.88 Å². The van der Waals surface area contributed by atoms with Gasteiger partial charge in [-0.25, -0.2) is 0 Å². The van der Waals surface area contributed by atoms with Crippen LogP contribution in [0.3, 0.4) is 0 Å². The Kier molecular flexibility index (Phi) is 1.89. The van der Waals surface area contributed by atoms with E-state index in [-0.39, 0.29) is 17.9 Å². The van der Waals surface area contributed by atoms with Crippen molar-refractivity contribution >= 4 is 5.95 Å². The topological polar surface area (TPSA) is 73.3 Å². The van der Waals surface area contributed by atoms with Crippen LogP contribution in [-0.4, -0.2) is 20.9 Å². The average molecular weight is 157 g/mol. The maximum absolute atomic E-state index is 8.85. The summed E-state index contributed by atoms with van der Waals surface area (Å²) in [6, 6.07) is 0. The highest BCUT2D eigenvalue weighted by Crippen LogP contribution is 2.08. The molecule has 5 nitrogen and oxygen atoms in total. The molecule has 11 heavy (non-hydrogen) atoms. The molecule has 0 spiro atoms. The molecule has 1 heterocycles. The minimum absolute atomic E-state index is 0.00546. The molecule has 0 aliphatic rings. The predicted molar refractivity (Wildman–Crippen MR) is 40.0 cm³/mol. The van der Waals surface area contributed by atoms with E-state index >= 15 is 0 Å². The van der Waals surface area contributed by atoms with Crippen molar-refractivity contribution in [2.45, 2.75) is 20.0 Å². The highest BCUT2D eigenvalue weighted by molar-refractivity contribution is 5.22. The van der Waals surface area contributed by atoms with Gasteiger partial charge >= 0.3 is 0 Å². The first-order valence-corrected chi connectivity index (χ1v) is 3.30. The quantitative estimate of drug-likeness (QED) is 0.634. The lowest BCUT2D eigenvalue weighted by atomic mass is 10.5. The third-order valence-electron chi connectivity index (χ3n) is 1.01. The number of hydrogen-bond donors (Lipinski definition) is 2. The molecule has 1 aromatic heterocycles. The van der Waals surface area contributed by atoms with E-state index in [9.17, 15) is 0 Å². The van der Waals surface area contributed by atoms with Gasteiger partial charge in [-0.3, -0.25) is 0 Å². The monoisotopic (exact) mass is 157 g/mol. The van der Waals surface area contributed by atoms with E-state index in [4.69, 9.17) is 15.7 Å². The average Bonchev–Trinajstić information content (AvgIpc) is 2.09. The Morgan fingerprint density at radius 1 is 1.73 bits per heavy atom. The van der Waals surface area contributed by atoms with Crippen molar-refractivity contribution in [2.75, 3.05) is 5.73 Å². The first-order valence-electron chi connectivity index (χ1n) is 3.30. The van der Waals surface area contributed by atoms with E-state index in [1.54, 1.807) is 0 Å². The largest absolute Gasteiger partial charge is 0.492 e. The number of hydrogen-bond acceptors (Lipinski definition) is 4. The van der Waals surface area contributed by atoms with Crippen molar-refractivity contribution in [2.24, 2.45) is 0 Å². The minimum Gasteiger partial charge on any atom is -0.492 e. The second-order valence-electron chi connectivity index (χ2n) is 2.44. The third-order valence-corrected chi connectivity index (χ3v) is 1.01. The van der Waals surface area contributed by atoms with E-state index in [0.717, 1.165) is 0 Å². The van der Waals surface area contributed by atoms with Gasteiger partial charge in [0.15, 0.2) is 0 Å². The molecule has 62 valence electrons. The SMILES string of the molecule is CC(C)On1cc(O)nc1N. The summed E-state index contributed by atoms with van der Waals surface area (Å²) in [7, 11) is 0. The number of anilines is 1. The molecular weight excluding hydrogens is 146 g/mol. The third kappa shape index (κ3) is 1.76. The number of nitrogens with zero attached hydrogens (tertiary/aromatic N) is 2. The zero-order valence-electron chi connectivity index (χ0n) is 6.48. The van der Waals surface area contributed by atoms with E-state index < -0.39 is 0 Å². The van der Waals surface area contributed by atoms with Gasteiger partial charge in [-0.1, -0.05) is 0 Å². The van der Waals surface area contributed by atoms with Gasteiger partial charge in [-0.05, 0) is 13.8 Å². The molecule has 0 amide bonds. The van der Waals surface area contributed by atoms with Crippen molar-refractivity contribution < 1.29 is 9.94 Å². The number of nitrogen functional groups attached to an aromatic ring is 1. The molecule has 0 saturated carbocycles. The van der Waals surface area contributed by atoms with Crippen LogP contribution in [-0.2, 0) is 0 Å². The number of aromatic nitrogens is 2. The number of aromatic hydroxyl groups is 1. The van der Waals surface area contributed by atoms with Crippen LogP contribution in [0.5, 0.6) is 5.88 Å². The number of rotatable bonds is 2. The maximum atomic E-state index is 8.85. The first kappa shape index (κ1) is 7.71. The molecule has 0 bridgehead atoms. The fourth-order valence-electron chi connectivity index (χ4n) is 0.678. The molecule has 0 aromatic carbocycles. The second kappa shape index (κ2) is 2.69. The molecule has 3 N–H and O–H groups in total. The van der Waals surface area contributed by atoms with Crippen LogP contribution in [0.1, 0.15) is 13.8 Å². The summed E-state index contributed by atoms with van der Waals surface area (Å²) in [5, 5.41) is 8.85. The molecular formula is C6H11N3O2. The van der Waals surface area contributed by atoms with Crippen LogP contribution in [0.2, 0.25) is 0 Å². The zero-order valence-corrected chi connectivity index (χ0v) is 6.48. The van der Waals surface area contributed by atoms with Crippen LogP contribution in [0.15, 0.2) is 6.20 Å². The minimum atomic E-state index is -0.136. The van der Waals surface area contributed by atoms with E-state index in [1.165, 1.54) is 10.9 Å². The summed E-state index contributed by atoms with van der Waals surface area (Å²) in [5.41, 5.74) is 5.36. The molecule has 0 aliphatic carbocycles. The lowest BCUT2D eigenvalue weighted by Crippen LogP contribution is -2.19. The normalized spacial score (nSPS) is 10.5. The van der Waals surface area contributed by atoms with Gasteiger partial charge in [-0.15, -0.1) is 0 Å². The van der Waals surface area contributed by atoms with Gasteiger partial charge in [0.1, 0.15) is 12.3 Å². The molecule has 1 rings (SSSR count). The highest BCUT2D eigenvalue weighted by Gasteiger charge is 2.04. The Labute approximate surface area is 64.4 Å². The molecule has 1 aromatic rings. The summed E-state index contributed by atoms with van der Waals surface area (Å²) in [6.45, 7) is 3.72. The van der Waals surface area contributed by atoms with Crippen LogP contribution in [0, 0.1) is 0 Å². The molecule has 0 aliphatic heterocycles. The summed E-state index contributed by atoms with van der Waals surface area (Å²) in [4.78, 5) is 8.67. The highest BCUT2D eigenvalue weighted by atomic mass is 16.7. The van der Waals surface area contributed by atoms with Crippen molar-refractivity contribution in [3.63, 3.8) is 0 Å². The second-order valence-corrected chi connectivity index (χ2v) is 2.44. The van der Waals surface area contributed by atoms with E-state index in [2.05, 4.69) is 4.98 Å². The van der Waals surface area contributed by atoms with Crippen LogP contribution < -0.4 is 10.6 Å². The van der Waals surface area contributed by atoms with E-state index in [0.29, 0.717) is 0 Å². The lowest BCUT2D eigenvalue weighted by Gasteiger charge is -2.09. The number of nitrogens with two attached hydrogens (primary N) is 1. The van der Waals surface area contributed by atoms with Gasteiger partial charge in [0.25, 0.3) is 0 Å². The van der Waals surface area contributed by atoms with Crippen molar-refractivity contribution in [3.05, 3.63) is 6.20 Å². The summed E-state index contributed by atoms with van der Waals surface area (Å²) < 4.78 is 1.24. The molecule has 0 radical (unpaired) electrons. The van der Waals surface area contributed by atoms with Gasteiger partial charge in [0.2, 0.25) is 11.8 Å². The van der Waals surface area contributed by atoms with Crippen LogP contribution in [0.4, 0.5) is 5.95 Å². The summed E-state index contributed by atoms with van der Waals surface area (Å²) in [6.07, 6.45) is 1.32. The summed E-state index contributed by atoms with van der Waals surface area (Å²) in [5.74, 6) is 0.0133. The van der Waals surface area contributed by atoms with Crippen molar-refractivity contribution in [1.82, 2.24) is 9.71 Å². The van der Waals surface area contributed by atoms with Gasteiger partial charge in [-0.2, -0.15) is 9.71 Å². The Morgan fingerprint density at radius 2 is 2.36 bits per heavy atom. The molecule has 0 saturated heterocycles. The van der Waals surface area contributed by atoms with Crippen LogP contribution >= 0.6 is 0 Å². The van der Waals surface area contributed by atoms with Gasteiger partial charge in [0.05, 0.1) is 0 Å². The Balaban J connectivity index is 2.77. The number of imidazole rings is 1. The smallest absolute Gasteiger partial charge is 0.237 e. The molecule has 5 heteroatoms. The summed E-state index contributed by atoms with van der Waals surface area (Å²) >= 11 is 0. The van der Waals surface area contributed by atoms with Crippen molar-refractivity contribution in [1.29, 1.82) is 0 Å². The molecule has 0 atom stereocenters. The fourth-order valence-corrected chi connectivity index (χ4v) is 0.678. The zero-order chi connectivity index (χ0) is 8.43. The van der Waals surface area contributed by atoms with Gasteiger partial charge < -0.3 is 15.7 Å². The Morgan fingerprint density at radius 3 is 2.73 bits per heavy atom. The Bertz CT molecular complexity index is 244. The van der Waals surface area contributed by atoms with Gasteiger partial charge in [0, 0.05) is 0 Å². The Hall–Kier alpha value is -1.39. The predicted octanol–water partition coefficient (Wildman–Crippen LogP) is 0.00790. The lowest BCUT2D eigenvalue weighted by molar-refractivity contribution is 0.0634. The maximum Gasteiger partial charge on any atom is 0.237 e. The standard InChI is InChI=1S/C6H11N3O2/c1-4(2)11-9-3-5(10)8-6(9)7/h3-4,10H,1-2H3,(H2,7,8). The fraction of sp³-hybridized carbons (Fsp3) is 0.500. The first-order chi connectivity index (χ1) is 5.09. The van der Waals surface area contributed by atoms with E-state index in [1.807, 2.05) is 13.8 Å². The molecule has 0 fully saturated rings. The molecule has 0 unspecified atom stereocenters. The van der Waals surface area contributed by atoms with Crippen LogP contribution in [0.25, 0.3) is 0 Å².